The van der Waals surface area contributed by atoms with Crippen molar-refractivity contribution in [3.63, 3.8) is 0 Å². The minimum Gasteiger partial charge on any atom is -0.497 e. The van der Waals surface area contributed by atoms with Crippen LogP contribution in [0.5, 0.6) is 11.5 Å². The van der Waals surface area contributed by atoms with Crippen molar-refractivity contribution in [1.82, 2.24) is 15.5 Å². The maximum absolute atomic E-state index is 13.0. The van der Waals surface area contributed by atoms with Gasteiger partial charge in [-0.1, -0.05) is 33.6 Å². The van der Waals surface area contributed by atoms with Gasteiger partial charge in [0.15, 0.2) is 0 Å². The lowest BCUT2D eigenvalue weighted by atomic mass is 10.00. The highest BCUT2D eigenvalue weighted by Gasteiger charge is 2.27. The smallest absolute Gasteiger partial charge is 0.252 e. The number of carbonyl (C=O) groups excluding carboxylic acids is 2. The summed E-state index contributed by atoms with van der Waals surface area (Å²) in [5.41, 5.74) is 0.396. The van der Waals surface area contributed by atoms with Crippen LogP contribution >= 0.6 is 0 Å². The first-order chi connectivity index (χ1) is 14.9. The quantitative estimate of drug-likeness (QED) is 0.560. The highest BCUT2D eigenvalue weighted by molar-refractivity contribution is 5.98. The average molecular weight is 434 g/mol. The lowest BCUT2D eigenvalue weighted by Crippen LogP contribution is -2.53. The van der Waals surface area contributed by atoms with Gasteiger partial charge in [-0.15, -0.1) is 0 Å². The van der Waals surface area contributed by atoms with Crippen LogP contribution in [0.2, 0.25) is 0 Å². The molecule has 2 N–H and O–H groups in total. The van der Waals surface area contributed by atoms with Crippen LogP contribution < -0.4 is 20.1 Å². The van der Waals surface area contributed by atoms with E-state index in [4.69, 9.17) is 9.47 Å². The predicted octanol–water partition coefficient (Wildman–Crippen LogP) is 3.23. The molecule has 1 aromatic carbocycles. The van der Waals surface area contributed by atoms with Crippen LogP contribution in [0.15, 0.2) is 18.2 Å². The van der Waals surface area contributed by atoms with E-state index in [0.29, 0.717) is 29.6 Å². The van der Waals surface area contributed by atoms with Gasteiger partial charge in [-0.25, -0.2) is 0 Å². The van der Waals surface area contributed by atoms with Crippen LogP contribution in [0.25, 0.3) is 0 Å². The van der Waals surface area contributed by atoms with Gasteiger partial charge in [0.1, 0.15) is 17.5 Å². The largest absolute Gasteiger partial charge is 0.497 e. The van der Waals surface area contributed by atoms with E-state index in [-0.39, 0.29) is 17.7 Å². The zero-order valence-corrected chi connectivity index (χ0v) is 19.7. The van der Waals surface area contributed by atoms with Crippen LogP contribution in [-0.2, 0) is 4.79 Å². The van der Waals surface area contributed by atoms with E-state index in [1.54, 1.807) is 18.2 Å². The topological polar surface area (TPSA) is 79.9 Å². The van der Waals surface area contributed by atoms with E-state index < -0.39 is 6.04 Å². The molecule has 1 fully saturated rings. The Labute approximate surface area is 186 Å². The molecule has 7 nitrogen and oxygen atoms in total. The Morgan fingerprint density at radius 3 is 2.39 bits per heavy atom. The van der Waals surface area contributed by atoms with Gasteiger partial charge in [0.05, 0.1) is 14.2 Å². The van der Waals surface area contributed by atoms with E-state index in [9.17, 15) is 9.59 Å². The number of benzene rings is 1. The zero-order valence-electron chi connectivity index (χ0n) is 19.7. The molecule has 1 aromatic rings. The minimum absolute atomic E-state index is 0.0426. The summed E-state index contributed by atoms with van der Waals surface area (Å²) in [6.07, 6.45) is 5.88. The van der Waals surface area contributed by atoms with Gasteiger partial charge < -0.3 is 20.1 Å². The van der Waals surface area contributed by atoms with Crippen molar-refractivity contribution in [3.8, 4) is 11.5 Å². The summed E-state index contributed by atoms with van der Waals surface area (Å²) in [5, 5.41) is 5.99. The number of piperidine rings is 1. The van der Waals surface area contributed by atoms with E-state index >= 15 is 0 Å². The lowest BCUT2D eigenvalue weighted by Gasteiger charge is -2.36. The third-order valence-electron chi connectivity index (χ3n) is 5.91. The van der Waals surface area contributed by atoms with Gasteiger partial charge in [-0.05, 0) is 50.4 Å². The minimum atomic E-state index is -0.614. The highest BCUT2D eigenvalue weighted by Crippen LogP contribution is 2.23. The number of unbranched alkanes of at least 4 members (excludes halogenated alkanes) is 1. The van der Waals surface area contributed by atoms with Crippen LogP contribution in [0.1, 0.15) is 63.2 Å². The first-order valence-electron chi connectivity index (χ1n) is 11.4. The fourth-order valence-electron chi connectivity index (χ4n) is 3.97. The Kier molecular flexibility index (Phi) is 10.1. The number of ether oxygens (including phenoxy) is 2. The normalized spacial score (nSPS) is 17.8. The number of nitrogens with zero attached hydrogens (tertiary/aromatic N) is 1. The fraction of sp³-hybridized carbons (Fsp3) is 0.667. The monoisotopic (exact) mass is 433 g/mol. The van der Waals surface area contributed by atoms with Gasteiger partial charge in [-0.2, -0.15) is 0 Å². The molecule has 1 saturated heterocycles. The molecule has 2 rings (SSSR count). The maximum Gasteiger partial charge on any atom is 0.252 e. The summed E-state index contributed by atoms with van der Waals surface area (Å²) in [6, 6.07) is 4.74. The first kappa shape index (κ1) is 25.0. The molecule has 1 heterocycles. The maximum atomic E-state index is 13.0. The molecule has 0 bridgehead atoms. The van der Waals surface area contributed by atoms with Gasteiger partial charge >= 0.3 is 0 Å². The molecule has 1 aliphatic rings. The number of nitrogens with one attached hydrogen (secondary N) is 2. The molecule has 2 unspecified atom stereocenters. The Hall–Kier alpha value is -2.28. The standard InChI is InChI=1S/C24H39N3O4/c1-6-7-11-27-12-9-8-10-19(27)16-25-24(29)22(17(2)3)26-23(28)18-13-20(30-4)15-21(14-18)31-5/h13-15,17,19,22H,6-12,16H2,1-5H3,(H,25,29)(H,26,28). The van der Waals surface area contributed by atoms with E-state index in [0.717, 1.165) is 19.5 Å². The summed E-state index contributed by atoms with van der Waals surface area (Å²) in [6.45, 7) is 8.88. The van der Waals surface area contributed by atoms with Crippen molar-refractivity contribution in [2.24, 2.45) is 5.92 Å². The zero-order chi connectivity index (χ0) is 22.8. The molecule has 0 aliphatic carbocycles. The van der Waals surface area contributed by atoms with Gasteiger partial charge in [0.2, 0.25) is 5.91 Å². The molecule has 174 valence electrons. The fourth-order valence-corrected chi connectivity index (χ4v) is 3.97. The van der Waals surface area contributed by atoms with Crippen LogP contribution in [-0.4, -0.2) is 62.7 Å². The molecular weight excluding hydrogens is 394 g/mol. The van der Waals surface area contributed by atoms with Crippen LogP contribution in [0, 0.1) is 5.92 Å². The van der Waals surface area contributed by atoms with Crippen molar-refractivity contribution >= 4 is 11.8 Å². The SMILES string of the molecule is CCCCN1CCCCC1CNC(=O)C(NC(=O)c1cc(OC)cc(OC)c1)C(C)C. The number of carbonyl (C=O) groups is 2. The molecule has 1 aliphatic heterocycles. The third kappa shape index (κ3) is 7.42. The van der Waals surface area contributed by atoms with Crippen molar-refractivity contribution in [2.75, 3.05) is 33.9 Å². The second kappa shape index (κ2) is 12.5. The van der Waals surface area contributed by atoms with E-state index in [1.807, 2.05) is 13.8 Å². The number of likely N-dealkylation sites (tertiary alicyclic amines) is 1. The predicted molar refractivity (Wildman–Crippen MR) is 123 cm³/mol. The molecule has 0 aromatic heterocycles. The van der Waals surface area contributed by atoms with Gasteiger partial charge in [0.25, 0.3) is 5.91 Å². The molecule has 2 atom stereocenters. The van der Waals surface area contributed by atoms with Crippen molar-refractivity contribution in [3.05, 3.63) is 23.8 Å². The van der Waals surface area contributed by atoms with Crippen LogP contribution in [0.3, 0.4) is 0 Å². The summed E-state index contributed by atoms with van der Waals surface area (Å²) in [7, 11) is 3.08. The van der Waals surface area contributed by atoms with Crippen LogP contribution in [0.4, 0.5) is 0 Å². The highest BCUT2D eigenvalue weighted by atomic mass is 16.5. The summed E-state index contributed by atoms with van der Waals surface area (Å²) >= 11 is 0. The van der Waals surface area contributed by atoms with Crippen molar-refractivity contribution in [1.29, 1.82) is 0 Å². The second-order valence-corrected chi connectivity index (χ2v) is 8.58. The number of hydrogen-bond donors (Lipinski definition) is 2. The lowest BCUT2D eigenvalue weighted by molar-refractivity contribution is -0.124. The Morgan fingerprint density at radius 2 is 1.81 bits per heavy atom. The second-order valence-electron chi connectivity index (χ2n) is 8.58. The molecule has 0 saturated carbocycles. The number of hydrogen-bond acceptors (Lipinski definition) is 5. The summed E-state index contributed by atoms with van der Waals surface area (Å²) in [4.78, 5) is 28.3. The molecule has 0 radical (unpaired) electrons. The summed E-state index contributed by atoms with van der Waals surface area (Å²) in [5.74, 6) is 0.547. The molecule has 31 heavy (non-hydrogen) atoms. The molecule has 7 heteroatoms. The Bertz CT molecular complexity index is 701. The average Bonchev–Trinajstić information content (AvgIpc) is 2.79. The molecule has 2 amide bonds. The summed E-state index contributed by atoms with van der Waals surface area (Å²) < 4.78 is 10.5. The molecule has 0 spiro atoms. The van der Waals surface area contributed by atoms with E-state index in [1.165, 1.54) is 39.9 Å². The van der Waals surface area contributed by atoms with E-state index in [2.05, 4.69) is 22.5 Å². The third-order valence-corrected chi connectivity index (χ3v) is 5.91. The van der Waals surface area contributed by atoms with Gasteiger partial charge in [-0.3, -0.25) is 14.5 Å². The number of rotatable bonds is 11. The van der Waals surface area contributed by atoms with Gasteiger partial charge in [0, 0.05) is 24.2 Å². The molecular formula is C24H39N3O4. The first-order valence-corrected chi connectivity index (χ1v) is 11.4. The number of amides is 2. The Morgan fingerprint density at radius 1 is 1.13 bits per heavy atom. The van der Waals surface area contributed by atoms with Crippen molar-refractivity contribution in [2.45, 2.75) is 65.0 Å². The number of methoxy groups -OCH3 is 2. The van der Waals surface area contributed by atoms with Crippen molar-refractivity contribution < 1.29 is 19.1 Å². The Balaban J connectivity index is 2.01.